The zero-order valence-electron chi connectivity index (χ0n) is 9.54. The maximum atomic E-state index is 13.5. The van der Waals surface area contributed by atoms with Crippen molar-refractivity contribution >= 4 is 17.3 Å². The maximum Gasteiger partial charge on any atom is 0.271 e. The summed E-state index contributed by atoms with van der Waals surface area (Å²) in [5, 5.41) is 2.18. The Kier molecular flexibility index (Phi) is 3.28. The lowest BCUT2D eigenvalue weighted by molar-refractivity contribution is 0.102. The lowest BCUT2D eigenvalue weighted by Gasteiger charge is -2.06. The third kappa shape index (κ3) is 2.59. The van der Waals surface area contributed by atoms with Crippen molar-refractivity contribution < 1.29 is 13.6 Å². The molecule has 0 atom stereocenters. The summed E-state index contributed by atoms with van der Waals surface area (Å²) in [6.45, 7) is 0. The number of carbonyl (C=O) groups excluding carboxylic acids is 1. The number of nitrogens with two attached hydrogens (primary N) is 1. The van der Waals surface area contributed by atoms with E-state index in [2.05, 4.69) is 10.3 Å². The highest BCUT2D eigenvalue weighted by molar-refractivity contribution is 6.04. The molecule has 19 heavy (non-hydrogen) atoms. The number of amides is 1. The normalized spacial score (nSPS) is 10.2. The lowest BCUT2D eigenvalue weighted by atomic mass is 10.1. The Hall–Kier alpha value is -2.70. The molecule has 2 aromatic rings. The van der Waals surface area contributed by atoms with E-state index in [0.717, 1.165) is 0 Å². The van der Waals surface area contributed by atoms with Gasteiger partial charge in [0.05, 0.1) is 11.3 Å². The fourth-order valence-corrected chi connectivity index (χ4v) is 1.45. The third-order valence-electron chi connectivity index (χ3n) is 2.40. The van der Waals surface area contributed by atoms with Gasteiger partial charge in [-0.05, 0) is 18.2 Å². The number of halogens is 2. The topological polar surface area (TPSA) is 88.0 Å². The predicted molar refractivity (Wildman–Crippen MR) is 65.8 cm³/mol. The summed E-state index contributed by atoms with van der Waals surface area (Å²) in [6, 6.07) is 4.20. The minimum Gasteiger partial charge on any atom is -0.396 e. The fourth-order valence-electron chi connectivity index (χ4n) is 1.45. The molecule has 98 valence electrons. The Labute approximate surface area is 106 Å². The Morgan fingerprint density at radius 1 is 1.26 bits per heavy atom. The van der Waals surface area contributed by atoms with E-state index < -0.39 is 34.4 Å². The average Bonchev–Trinajstić information content (AvgIpc) is 2.36. The summed E-state index contributed by atoms with van der Waals surface area (Å²) in [5.74, 6) is -2.81. The Morgan fingerprint density at radius 3 is 2.68 bits per heavy atom. The second-order valence-electron chi connectivity index (χ2n) is 3.72. The molecule has 0 aliphatic rings. The molecular formula is C12H9F2N3O2. The molecule has 2 rings (SSSR count). The summed E-state index contributed by atoms with van der Waals surface area (Å²) >= 11 is 0. The summed E-state index contributed by atoms with van der Waals surface area (Å²) in [4.78, 5) is 25.4. The van der Waals surface area contributed by atoms with Crippen LogP contribution in [0.4, 0.5) is 20.2 Å². The SMILES string of the molecule is Nc1cc(F)c(C(=O)Nc2ccc[nH]c2=O)cc1F. The second kappa shape index (κ2) is 4.89. The molecular weight excluding hydrogens is 256 g/mol. The van der Waals surface area contributed by atoms with Gasteiger partial charge in [-0.25, -0.2) is 8.78 Å². The summed E-state index contributed by atoms with van der Waals surface area (Å²) in [7, 11) is 0. The van der Waals surface area contributed by atoms with E-state index in [1.54, 1.807) is 0 Å². The molecule has 0 saturated carbocycles. The molecule has 1 heterocycles. The van der Waals surface area contributed by atoms with E-state index in [-0.39, 0.29) is 5.69 Å². The van der Waals surface area contributed by atoms with Crippen LogP contribution in [0.15, 0.2) is 35.3 Å². The van der Waals surface area contributed by atoms with Gasteiger partial charge in [-0.2, -0.15) is 0 Å². The molecule has 0 spiro atoms. The van der Waals surface area contributed by atoms with Gasteiger partial charge in [0.1, 0.15) is 17.3 Å². The van der Waals surface area contributed by atoms with Crippen molar-refractivity contribution in [1.82, 2.24) is 4.98 Å². The van der Waals surface area contributed by atoms with Crippen molar-refractivity contribution in [2.75, 3.05) is 11.1 Å². The second-order valence-corrected chi connectivity index (χ2v) is 3.72. The van der Waals surface area contributed by atoms with Crippen molar-refractivity contribution in [3.8, 4) is 0 Å². The van der Waals surface area contributed by atoms with Crippen molar-refractivity contribution in [3.05, 3.63) is 58.0 Å². The van der Waals surface area contributed by atoms with E-state index in [1.807, 2.05) is 0 Å². The Balaban J connectivity index is 2.33. The highest BCUT2D eigenvalue weighted by atomic mass is 19.1. The Bertz CT molecular complexity index is 698. The number of benzene rings is 1. The van der Waals surface area contributed by atoms with Crippen LogP contribution in [-0.2, 0) is 0 Å². The lowest BCUT2D eigenvalue weighted by Crippen LogP contribution is -2.20. The van der Waals surface area contributed by atoms with Gasteiger partial charge in [0.2, 0.25) is 0 Å². The van der Waals surface area contributed by atoms with Gasteiger partial charge in [-0.15, -0.1) is 0 Å². The number of aromatic amines is 1. The number of H-pyrrole nitrogens is 1. The summed E-state index contributed by atoms with van der Waals surface area (Å²) in [6.07, 6.45) is 1.38. The van der Waals surface area contributed by atoms with Crippen LogP contribution in [0.3, 0.4) is 0 Å². The zero-order chi connectivity index (χ0) is 14.0. The molecule has 1 aromatic carbocycles. The molecule has 0 unspecified atom stereocenters. The van der Waals surface area contributed by atoms with Crippen molar-refractivity contribution in [2.45, 2.75) is 0 Å². The number of nitrogens with one attached hydrogen (secondary N) is 2. The number of pyridine rings is 1. The molecule has 1 amide bonds. The largest absolute Gasteiger partial charge is 0.396 e. The molecule has 7 heteroatoms. The Morgan fingerprint density at radius 2 is 2.00 bits per heavy atom. The highest BCUT2D eigenvalue weighted by Crippen LogP contribution is 2.17. The molecule has 0 fully saturated rings. The number of nitrogen functional groups attached to an aromatic ring is 1. The van der Waals surface area contributed by atoms with Crippen LogP contribution in [0.2, 0.25) is 0 Å². The van der Waals surface area contributed by atoms with Crippen LogP contribution in [0.25, 0.3) is 0 Å². The average molecular weight is 265 g/mol. The first kappa shape index (κ1) is 12.7. The summed E-state index contributed by atoms with van der Waals surface area (Å²) in [5.41, 5.74) is 3.62. The quantitative estimate of drug-likeness (QED) is 0.719. The van der Waals surface area contributed by atoms with Gasteiger partial charge in [-0.1, -0.05) is 0 Å². The minimum absolute atomic E-state index is 0.0656. The van der Waals surface area contributed by atoms with Crippen LogP contribution in [0.1, 0.15) is 10.4 Å². The van der Waals surface area contributed by atoms with Gasteiger partial charge in [-0.3, -0.25) is 9.59 Å². The number of rotatable bonds is 2. The van der Waals surface area contributed by atoms with Crippen LogP contribution >= 0.6 is 0 Å². The van der Waals surface area contributed by atoms with Gasteiger partial charge >= 0.3 is 0 Å². The van der Waals surface area contributed by atoms with E-state index in [1.165, 1.54) is 18.3 Å². The van der Waals surface area contributed by atoms with E-state index in [4.69, 9.17) is 5.73 Å². The predicted octanol–water partition coefficient (Wildman–Crippen LogP) is 1.49. The first-order chi connectivity index (χ1) is 8.99. The van der Waals surface area contributed by atoms with Crippen LogP contribution < -0.4 is 16.6 Å². The molecule has 0 radical (unpaired) electrons. The first-order valence-corrected chi connectivity index (χ1v) is 5.22. The fraction of sp³-hybridized carbons (Fsp3) is 0. The van der Waals surface area contributed by atoms with E-state index in [0.29, 0.717) is 12.1 Å². The smallest absolute Gasteiger partial charge is 0.271 e. The van der Waals surface area contributed by atoms with Gasteiger partial charge < -0.3 is 16.0 Å². The minimum atomic E-state index is -0.969. The summed E-state index contributed by atoms with van der Waals surface area (Å²) < 4.78 is 26.7. The molecule has 1 aromatic heterocycles. The number of carbonyl (C=O) groups is 1. The van der Waals surface area contributed by atoms with Crippen LogP contribution in [0, 0.1) is 11.6 Å². The van der Waals surface area contributed by atoms with E-state index >= 15 is 0 Å². The van der Waals surface area contributed by atoms with Gasteiger partial charge in [0, 0.05) is 12.3 Å². The monoisotopic (exact) mass is 265 g/mol. The maximum absolute atomic E-state index is 13.5. The molecule has 0 aliphatic carbocycles. The van der Waals surface area contributed by atoms with Crippen molar-refractivity contribution in [2.24, 2.45) is 0 Å². The van der Waals surface area contributed by atoms with Crippen LogP contribution in [0.5, 0.6) is 0 Å². The van der Waals surface area contributed by atoms with Crippen molar-refractivity contribution in [3.63, 3.8) is 0 Å². The standard InChI is InChI=1S/C12H9F2N3O2/c13-7-5-9(15)8(14)4-6(7)11(18)17-10-2-1-3-16-12(10)19/h1-5H,15H2,(H,16,19)(H,17,18). The first-order valence-electron chi connectivity index (χ1n) is 5.22. The van der Waals surface area contributed by atoms with Gasteiger partial charge in [0.25, 0.3) is 11.5 Å². The highest BCUT2D eigenvalue weighted by Gasteiger charge is 2.16. The number of hydrogen-bond acceptors (Lipinski definition) is 3. The molecule has 0 saturated heterocycles. The molecule has 4 N–H and O–H groups in total. The third-order valence-corrected chi connectivity index (χ3v) is 2.40. The van der Waals surface area contributed by atoms with Gasteiger partial charge in [0.15, 0.2) is 0 Å². The number of anilines is 2. The van der Waals surface area contributed by atoms with Crippen LogP contribution in [-0.4, -0.2) is 10.9 Å². The zero-order valence-corrected chi connectivity index (χ0v) is 9.54. The molecule has 0 bridgehead atoms. The molecule has 0 aliphatic heterocycles. The molecule has 5 nitrogen and oxygen atoms in total. The number of hydrogen-bond donors (Lipinski definition) is 3. The van der Waals surface area contributed by atoms with E-state index in [9.17, 15) is 18.4 Å². The van der Waals surface area contributed by atoms with Crippen molar-refractivity contribution in [1.29, 1.82) is 0 Å². The number of aromatic nitrogens is 1.